The molecule has 0 bridgehead atoms. The lowest BCUT2D eigenvalue weighted by Gasteiger charge is -2.33. The van der Waals surface area contributed by atoms with Gasteiger partial charge in [-0.25, -0.2) is 4.79 Å². The first-order valence-corrected chi connectivity index (χ1v) is 9.70. The van der Waals surface area contributed by atoms with Gasteiger partial charge in [-0.1, -0.05) is 12.1 Å². The molecule has 2 heterocycles. The van der Waals surface area contributed by atoms with E-state index in [4.69, 9.17) is 4.74 Å². The van der Waals surface area contributed by atoms with Crippen molar-refractivity contribution in [2.24, 2.45) is 0 Å². The van der Waals surface area contributed by atoms with E-state index in [1.807, 2.05) is 30.0 Å². The number of hydrogen-bond acceptors (Lipinski definition) is 3. The van der Waals surface area contributed by atoms with Crippen LogP contribution >= 0.6 is 0 Å². The third kappa shape index (κ3) is 4.75. The number of carbonyl (C=O) groups excluding carboxylic acids is 2. The van der Waals surface area contributed by atoms with Gasteiger partial charge >= 0.3 is 6.03 Å². The molecule has 1 aromatic carbocycles. The van der Waals surface area contributed by atoms with Crippen LogP contribution < -0.4 is 10.6 Å². The number of benzene rings is 1. The van der Waals surface area contributed by atoms with Gasteiger partial charge in [0.05, 0.1) is 6.10 Å². The van der Waals surface area contributed by atoms with Gasteiger partial charge in [-0.3, -0.25) is 4.79 Å². The number of nitrogens with one attached hydrogen (secondary N) is 2. The molecule has 142 valence electrons. The Labute approximate surface area is 155 Å². The fraction of sp³-hybridized carbons (Fsp3) is 0.600. The summed E-state index contributed by atoms with van der Waals surface area (Å²) in [5.41, 5.74) is 1.80. The number of nitrogens with zero attached hydrogens (tertiary/aromatic N) is 1. The molecule has 2 unspecified atom stereocenters. The first kappa shape index (κ1) is 18.7. The zero-order valence-electron chi connectivity index (χ0n) is 15.5. The average molecular weight is 359 g/mol. The molecule has 26 heavy (non-hydrogen) atoms. The van der Waals surface area contributed by atoms with Crippen LogP contribution in [0.4, 0.5) is 4.79 Å². The SMILES string of the molecule is CCNC(=O)N1CCCC(c2cccc(C(=O)NCC3CCCO3)c2)C1. The summed E-state index contributed by atoms with van der Waals surface area (Å²) in [6, 6.07) is 7.81. The van der Waals surface area contributed by atoms with Crippen molar-refractivity contribution in [3.63, 3.8) is 0 Å². The molecule has 2 N–H and O–H groups in total. The zero-order chi connectivity index (χ0) is 18.4. The summed E-state index contributed by atoms with van der Waals surface area (Å²) >= 11 is 0. The van der Waals surface area contributed by atoms with Crippen molar-refractivity contribution < 1.29 is 14.3 Å². The van der Waals surface area contributed by atoms with Crippen molar-refractivity contribution >= 4 is 11.9 Å². The molecule has 0 radical (unpaired) electrons. The zero-order valence-corrected chi connectivity index (χ0v) is 15.5. The molecular formula is C20H29N3O3. The first-order valence-electron chi connectivity index (χ1n) is 9.70. The van der Waals surface area contributed by atoms with Gasteiger partial charge < -0.3 is 20.3 Å². The van der Waals surface area contributed by atoms with Crippen LogP contribution in [0.15, 0.2) is 24.3 Å². The van der Waals surface area contributed by atoms with Crippen molar-refractivity contribution in [2.45, 2.75) is 44.6 Å². The summed E-state index contributed by atoms with van der Waals surface area (Å²) in [4.78, 5) is 26.4. The van der Waals surface area contributed by atoms with Crippen LogP contribution in [-0.4, -0.2) is 55.7 Å². The fourth-order valence-electron chi connectivity index (χ4n) is 3.74. The highest BCUT2D eigenvalue weighted by Gasteiger charge is 2.25. The molecule has 3 rings (SSSR count). The molecule has 1 aromatic rings. The Hall–Kier alpha value is -2.08. The molecule has 6 nitrogen and oxygen atoms in total. The first-order chi connectivity index (χ1) is 12.7. The minimum Gasteiger partial charge on any atom is -0.376 e. The lowest BCUT2D eigenvalue weighted by Crippen LogP contribution is -2.44. The fourth-order valence-corrected chi connectivity index (χ4v) is 3.74. The van der Waals surface area contributed by atoms with Crippen LogP contribution in [0, 0.1) is 0 Å². The molecule has 3 amide bonds. The highest BCUT2D eigenvalue weighted by atomic mass is 16.5. The summed E-state index contributed by atoms with van der Waals surface area (Å²) in [5, 5.41) is 5.85. The number of carbonyl (C=O) groups is 2. The second kappa shape index (κ2) is 9.03. The maximum Gasteiger partial charge on any atom is 0.317 e. The molecule has 6 heteroatoms. The molecule has 0 aromatic heterocycles. The molecule has 2 atom stereocenters. The van der Waals surface area contributed by atoms with Gasteiger partial charge in [0.25, 0.3) is 5.91 Å². The van der Waals surface area contributed by atoms with Gasteiger partial charge in [0, 0.05) is 44.3 Å². The van der Waals surface area contributed by atoms with E-state index in [0.29, 0.717) is 25.2 Å². The Morgan fingerprint density at radius 2 is 2.12 bits per heavy atom. The normalized spacial score (nSPS) is 22.9. The Bertz CT molecular complexity index is 628. The minimum absolute atomic E-state index is 0.00246. The van der Waals surface area contributed by atoms with Crippen molar-refractivity contribution in [1.82, 2.24) is 15.5 Å². The third-order valence-electron chi connectivity index (χ3n) is 5.17. The molecule has 2 fully saturated rings. The van der Waals surface area contributed by atoms with Crippen molar-refractivity contribution in [2.75, 3.05) is 32.8 Å². The summed E-state index contributed by atoms with van der Waals surface area (Å²) in [6.45, 7) is 5.42. The van der Waals surface area contributed by atoms with Crippen LogP contribution in [0.25, 0.3) is 0 Å². The van der Waals surface area contributed by atoms with E-state index in [1.54, 1.807) is 0 Å². The van der Waals surface area contributed by atoms with Crippen molar-refractivity contribution in [3.8, 4) is 0 Å². The van der Waals surface area contributed by atoms with Crippen LogP contribution in [-0.2, 0) is 4.74 Å². The number of piperidine rings is 1. The lowest BCUT2D eigenvalue weighted by atomic mass is 9.89. The molecule has 0 aliphatic carbocycles. The number of likely N-dealkylation sites (tertiary alicyclic amines) is 1. The molecule has 0 spiro atoms. The van der Waals surface area contributed by atoms with Crippen molar-refractivity contribution in [1.29, 1.82) is 0 Å². The second-order valence-electron chi connectivity index (χ2n) is 7.09. The van der Waals surface area contributed by atoms with Crippen LogP contribution in [0.2, 0.25) is 0 Å². The minimum atomic E-state index is -0.0567. The van der Waals surface area contributed by atoms with Gasteiger partial charge in [0.15, 0.2) is 0 Å². The van der Waals surface area contributed by atoms with Crippen LogP contribution in [0.3, 0.4) is 0 Å². The van der Waals surface area contributed by atoms with E-state index < -0.39 is 0 Å². The molecule has 2 aliphatic heterocycles. The van der Waals surface area contributed by atoms with Crippen LogP contribution in [0.1, 0.15) is 54.4 Å². The van der Waals surface area contributed by atoms with Gasteiger partial charge in [0.2, 0.25) is 0 Å². The smallest absolute Gasteiger partial charge is 0.317 e. The van der Waals surface area contributed by atoms with E-state index >= 15 is 0 Å². The maximum absolute atomic E-state index is 12.5. The second-order valence-corrected chi connectivity index (χ2v) is 7.09. The predicted molar refractivity (Wildman–Crippen MR) is 100 cm³/mol. The summed E-state index contributed by atoms with van der Waals surface area (Å²) in [5.74, 6) is 0.219. The van der Waals surface area contributed by atoms with E-state index in [9.17, 15) is 9.59 Å². The number of ether oxygens (including phenoxy) is 1. The molecule has 2 aliphatic rings. The highest BCUT2D eigenvalue weighted by Crippen LogP contribution is 2.27. The summed E-state index contributed by atoms with van der Waals surface area (Å²) in [6.07, 6.45) is 4.25. The van der Waals surface area contributed by atoms with Gasteiger partial charge in [-0.05, 0) is 50.3 Å². The number of amides is 3. The van der Waals surface area contributed by atoms with E-state index in [1.165, 1.54) is 0 Å². The summed E-state index contributed by atoms with van der Waals surface area (Å²) in [7, 11) is 0. The lowest BCUT2D eigenvalue weighted by molar-refractivity contribution is 0.0857. The quantitative estimate of drug-likeness (QED) is 0.849. The topological polar surface area (TPSA) is 70.7 Å². The number of hydrogen-bond donors (Lipinski definition) is 2. The maximum atomic E-state index is 12.5. The van der Waals surface area contributed by atoms with E-state index in [2.05, 4.69) is 16.7 Å². The number of rotatable bonds is 5. The Morgan fingerprint density at radius 1 is 1.23 bits per heavy atom. The molecule has 2 saturated heterocycles. The Balaban J connectivity index is 1.60. The van der Waals surface area contributed by atoms with Gasteiger partial charge in [-0.2, -0.15) is 0 Å². The number of urea groups is 1. The largest absolute Gasteiger partial charge is 0.376 e. The molecule has 0 saturated carbocycles. The summed E-state index contributed by atoms with van der Waals surface area (Å²) < 4.78 is 5.55. The predicted octanol–water partition coefficient (Wildman–Crippen LogP) is 2.50. The monoisotopic (exact) mass is 359 g/mol. The van der Waals surface area contributed by atoms with Crippen LogP contribution in [0.5, 0.6) is 0 Å². The Kier molecular flexibility index (Phi) is 6.50. The molecular weight excluding hydrogens is 330 g/mol. The van der Waals surface area contributed by atoms with Crippen molar-refractivity contribution in [3.05, 3.63) is 35.4 Å². The standard InChI is InChI=1S/C20H29N3O3/c1-2-21-20(25)23-10-4-8-17(14-23)15-6-3-7-16(12-15)19(24)22-13-18-9-5-11-26-18/h3,6-7,12,17-18H,2,4-5,8-11,13-14H2,1H3,(H,21,25)(H,22,24). The van der Waals surface area contributed by atoms with E-state index in [-0.39, 0.29) is 24.0 Å². The van der Waals surface area contributed by atoms with Gasteiger partial charge in [0.1, 0.15) is 0 Å². The van der Waals surface area contributed by atoms with Gasteiger partial charge in [-0.15, -0.1) is 0 Å². The Morgan fingerprint density at radius 3 is 2.88 bits per heavy atom. The average Bonchev–Trinajstić information content (AvgIpc) is 3.20. The third-order valence-corrected chi connectivity index (χ3v) is 5.17. The van der Waals surface area contributed by atoms with E-state index in [0.717, 1.165) is 44.4 Å². The highest BCUT2D eigenvalue weighted by molar-refractivity contribution is 5.94.